The molecule has 96 valence electrons. The lowest BCUT2D eigenvalue weighted by Gasteiger charge is -2.50. The molecule has 2 aliphatic rings. The maximum absolute atomic E-state index is 3.43. The van der Waals surface area contributed by atoms with E-state index in [-0.39, 0.29) is 0 Å². The highest BCUT2D eigenvalue weighted by Gasteiger charge is 2.38. The van der Waals surface area contributed by atoms with E-state index in [1.165, 1.54) is 39.0 Å². The van der Waals surface area contributed by atoms with Crippen LogP contribution in [0.25, 0.3) is 0 Å². The third kappa shape index (κ3) is 3.46. The summed E-state index contributed by atoms with van der Waals surface area (Å²) in [5, 5.41) is 3.43. The van der Waals surface area contributed by atoms with Gasteiger partial charge in [-0.2, -0.15) is 0 Å². The molecule has 0 aromatic rings. The Hall–Kier alpha value is -0.0800. The van der Waals surface area contributed by atoms with E-state index >= 15 is 0 Å². The lowest BCUT2D eigenvalue weighted by molar-refractivity contribution is -0.0154. The number of piperidine rings is 1. The molecule has 2 saturated heterocycles. The van der Waals surface area contributed by atoms with Gasteiger partial charge in [0.05, 0.1) is 0 Å². The maximum atomic E-state index is 3.43. The van der Waals surface area contributed by atoms with Crippen molar-refractivity contribution in [3.63, 3.8) is 0 Å². The van der Waals surface area contributed by atoms with E-state index in [9.17, 15) is 0 Å². The van der Waals surface area contributed by atoms with Crippen molar-refractivity contribution in [2.24, 2.45) is 11.3 Å². The number of likely N-dealkylation sites (tertiary alicyclic amines) is 1. The van der Waals surface area contributed by atoms with Gasteiger partial charge >= 0.3 is 0 Å². The van der Waals surface area contributed by atoms with E-state index in [0.717, 1.165) is 12.0 Å². The zero-order valence-corrected chi connectivity index (χ0v) is 11.8. The Bertz CT molecular complexity index is 183. The molecule has 2 aliphatic heterocycles. The molecule has 1 N–H and O–H groups in total. The van der Waals surface area contributed by atoms with Crippen molar-refractivity contribution in [3.8, 4) is 0 Å². The minimum absolute atomic E-state index is 0.517. The Morgan fingerprint density at radius 2 is 1.50 bits per heavy atom. The summed E-state index contributed by atoms with van der Waals surface area (Å²) >= 11 is 0. The Morgan fingerprint density at radius 1 is 1.00 bits per heavy atom. The van der Waals surface area contributed by atoms with Crippen LogP contribution in [0, 0.1) is 11.3 Å². The molecule has 0 bridgehead atoms. The number of nitrogens with zero attached hydrogens (tertiary/aromatic N) is 1. The molecule has 0 unspecified atom stereocenters. The van der Waals surface area contributed by atoms with Gasteiger partial charge in [-0.15, -0.1) is 0 Å². The number of hydrogen-bond acceptors (Lipinski definition) is 2. The number of hydrogen-bond donors (Lipinski definition) is 1. The number of nitrogens with one attached hydrogen (secondary N) is 1. The van der Waals surface area contributed by atoms with Crippen molar-refractivity contribution in [2.45, 2.75) is 53.5 Å². The fraction of sp³-hybridized carbons (Fsp3) is 1.00. The molecular weight excluding hydrogens is 196 g/mol. The van der Waals surface area contributed by atoms with Gasteiger partial charge in [-0.1, -0.05) is 34.6 Å². The van der Waals surface area contributed by atoms with E-state index in [1.807, 2.05) is 13.8 Å². The van der Waals surface area contributed by atoms with Crippen LogP contribution in [-0.2, 0) is 0 Å². The minimum atomic E-state index is 0.517. The highest BCUT2D eigenvalue weighted by molar-refractivity contribution is 4.92. The van der Waals surface area contributed by atoms with E-state index in [0.29, 0.717) is 5.41 Å². The maximum Gasteiger partial charge on any atom is 0.0120 e. The third-order valence-corrected chi connectivity index (χ3v) is 3.96. The van der Waals surface area contributed by atoms with Crippen molar-refractivity contribution in [1.29, 1.82) is 0 Å². The van der Waals surface area contributed by atoms with Gasteiger partial charge in [0.2, 0.25) is 0 Å². The van der Waals surface area contributed by atoms with E-state index in [4.69, 9.17) is 0 Å². The predicted octanol–water partition coefficient (Wildman–Crippen LogP) is 2.74. The first-order valence-electron chi connectivity index (χ1n) is 7.02. The summed E-state index contributed by atoms with van der Waals surface area (Å²) in [5.74, 6) is 0.928. The molecule has 0 radical (unpaired) electrons. The SMILES string of the molecule is CC.CC(C)(C)C1CN(C2CCNCC2)C1. The van der Waals surface area contributed by atoms with Gasteiger partial charge in [-0.05, 0) is 37.3 Å². The third-order valence-electron chi connectivity index (χ3n) is 3.96. The molecule has 0 aromatic carbocycles. The lowest BCUT2D eigenvalue weighted by atomic mass is 9.75. The second-order valence-corrected chi connectivity index (χ2v) is 6.00. The Morgan fingerprint density at radius 3 is 1.94 bits per heavy atom. The van der Waals surface area contributed by atoms with Crippen LogP contribution in [0.15, 0.2) is 0 Å². The molecule has 2 heteroatoms. The monoisotopic (exact) mass is 226 g/mol. The molecule has 16 heavy (non-hydrogen) atoms. The summed E-state index contributed by atoms with van der Waals surface area (Å²) in [5.41, 5.74) is 0.517. The van der Waals surface area contributed by atoms with Crippen molar-refractivity contribution < 1.29 is 0 Å². The molecular formula is C14H30N2. The summed E-state index contributed by atoms with van der Waals surface area (Å²) < 4.78 is 0. The van der Waals surface area contributed by atoms with Gasteiger partial charge < -0.3 is 5.32 Å². The zero-order valence-electron chi connectivity index (χ0n) is 11.8. The van der Waals surface area contributed by atoms with Gasteiger partial charge in [-0.25, -0.2) is 0 Å². The van der Waals surface area contributed by atoms with Crippen molar-refractivity contribution >= 4 is 0 Å². The van der Waals surface area contributed by atoms with Crippen LogP contribution < -0.4 is 5.32 Å². The topological polar surface area (TPSA) is 15.3 Å². The minimum Gasteiger partial charge on any atom is -0.317 e. The summed E-state index contributed by atoms with van der Waals surface area (Å²) in [4.78, 5) is 2.69. The Kier molecular flexibility index (Phi) is 5.26. The van der Waals surface area contributed by atoms with Gasteiger partial charge in [0, 0.05) is 19.1 Å². The van der Waals surface area contributed by atoms with Gasteiger partial charge in [-0.3, -0.25) is 4.90 Å². The largest absolute Gasteiger partial charge is 0.317 e. The highest BCUT2D eigenvalue weighted by Crippen LogP contribution is 2.35. The summed E-state index contributed by atoms with van der Waals surface area (Å²) in [7, 11) is 0. The average molecular weight is 226 g/mol. The molecule has 2 nitrogen and oxygen atoms in total. The quantitative estimate of drug-likeness (QED) is 0.739. The first kappa shape index (κ1) is 14.0. The molecule has 0 atom stereocenters. The number of rotatable bonds is 1. The molecule has 0 saturated carbocycles. The lowest BCUT2D eigenvalue weighted by Crippen LogP contribution is -2.58. The van der Waals surface area contributed by atoms with Crippen molar-refractivity contribution in [2.75, 3.05) is 26.2 Å². The van der Waals surface area contributed by atoms with Crippen LogP contribution in [-0.4, -0.2) is 37.1 Å². The molecule has 2 heterocycles. The zero-order chi connectivity index (χ0) is 12.2. The van der Waals surface area contributed by atoms with Crippen molar-refractivity contribution in [3.05, 3.63) is 0 Å². The van der Waals surface area contributed by atoms with Crippen LogP contribution in [0.5, 0.6) is 0 Å². The van der Waals surface area contributed by atoms with Crippen LogP contribution in [0.2, 0.25) is 0 Å². The van der Waals surface area contributed by atoms with Gasteiger partial charge in [0.1, 0.15) is 0 Å². The standard InChI is InChI=1S/C12H24N2.C2H6/c1-12(2,3)10-8-14(9-10)11-4-6-13-7-5-11;1-2/h10-11,13H,4-9H2,1-3H3;1-2H3. The van der Waals surface area contributed by atoms with Crippen LogP contribution >= 0.6 is 0 Å². The van der Waals surface area contributed by atoms with E-state index < -0.39 is 0 Å². The van der Waals surface area contributed by atoms with Crippen LogP contribution in [0.1, 0.15) is 47.5 Å². The second kappa shape index (κ2) is 6.02. The summed E-state index contributed by atoms with van der Waals surface area (Å²) in [6, 6.07) is 0.884. The Balaban J connectivity index is 0.000000606. The molecule has 2 fully saturated rings. The van der Waals surface area contributed by atoms with E-state index in [2.05, 4.69) is 31.0 Å². The molecule has 0 aliphatic carbocycles. The second-order valence-electron chi connectivity index (χ2n) is 6.00. The first-order chi connectivity index (χ1) is 7.57. The van der Waals surface area contributed by atoms with Gasteiger partial charge in [0.15, 0.2) is 0 Å². The van der Waals surface area contributed by atoms with Crippen LogP contribution in [0.4, 0.5) is 0 Å². The molecule has 2 rings (SSSR count). The molecule has 0 spiro atoms. The van der Waals surface area contributed by atoms with Crippen LogP contribution in [0.3, 0.4) is 0 Å². The fourth-order valence-electron chi connectivity index (χ4n) is 2.53. The molecule has 0 amide bonds. The normalized spacial score (nSPS) is 24.6. The smallest absolute Gasteiger partial charge is 0.0120 e. The Labute approximate surface area is 102 Å². The average Bonchev–Trinajstić information content (AvgIpc) is 2.18. The fourth-order valence-corrected chi connectivity index (χ4v) is 2.53. The predicted molar refractivity (Wildman–Crippen MR) is 71.8 cm³/mol. The van der Waals surface area contributed by atoms with Gasteiger partial charge in [0.25, 0.3) is 0 Å². The summed E-state index contributed by atoms with van der Waals surface area (Å²) in [6.07, 6.45) is 2.72. The highest BCUT2D eigenvalue weighted by atomic mass is 15.2. The molecule has 0 aromatic heterocycles. The van der Waals surface area contributed by atoms with Crippen molar-refractivity contribution in [1.82, 2.24) is 10.2 Å². The summed E-state index contributed by atoms with van der Waals surface area (Å²) in [6.45, 7) is 16.2. The van der Waals surface area contributed by atoms with E-state index in [1.54, 1.807) is 0 Å². The first-order valence-corrected chi connectivity index (χ1v) is 7.02.